The van der Waals surface area contributed by atoms with E-state index in [4.69, 9.17) is 4.74 Å². The maximum Gasteiger partial charge on any atom is 0.120 e. The van der Waals surface area contributed by atoms with Gasteiger partial charge < -0.3 is 9.84 Å². The van der Waals surface area contributed by atoms with Gasteiger partial charge in [0.25, 0.3) is 0 Å². The molecule has 1 heterocycles. The van der Waals surface area contributed by atoms with Gasteiger partial charge in [-0.2, -0.15) is 5.10 Å². The summed E-state index contributed by atoms with van der Waals surface area (Å²) < 4.78 is 7.61. The standard InChI is InChI=1S/C16H20N2O2/c1-11(2)18-10-13(9-17-18)16(19)12-4-3-5-15(8-12)20-14-6-7-14/h3-5,8-11,14,16,19H,6-7H2,1-2H3. The van der Waals surface area contributed by atoms with E-state index in [1.54, 1.807) is 6.20 Å². The fraction of sp³-hybridized carbons (Fsp3) is 0.438. The highest BCUT2D eigenvalue weighted by Gasteiger charge is 2.24. The van der Waals surface area contributed by atoms with E-state index in [1.807, 2.05) is 35.1 Å². The lowest BCUT2D eigenvalue weighted by Gasteiger charge is -2.11. The predicted octanol–water partition coefficient (Wildman–Crippen LogP) is 3.09. The lowest BCUT2D eigenvalue weighted by atomic mass is 10.0. The molecule has 1 aliphatic carbocycles. The maximum absolute atomic E-state index is 10.5. The van der Waals surface area contributed by atoms with Gasteiger partial charge in [0.1, 0.15) is 11.9 Å². The number of hydrogen-bond acceptors (Lipinski definition) is 3. The van der Waals surface area contributed by atoms with Crippen LogP contribution < -0.4 is 4.74 Å². The van der Waals surface area contributed by atoms with E-state index in [9.17, 15) is 5.11 Å². The summed E-state index contributed by atoms with van der Waals surface area (Å²) in [6, 6.07) is 7.97. The Hall–Kier alpha value is -1.81. The molecule has 3 rings (SSSR count). The molecule has 20 heavy (non-hydrogen) atoms. The Morgan fingerprint density at radius 2 is 2.10 bits per heavy atom. The lowest BCUT2D eigenvalue weighted by Crippen LogP contribution is -2.02. The fourth-order valence-corrected chi connectivity index (χ4v) is 2.11. The Bertz CT molecular complexity index is 588. The van der Waals surface area contributed by atoms with E-state index >= 15 is 0 Å². The third-order valence-corrected chi connectivity index (χ3v) is 3.47. The molecule has 1 atom stereocenters. The van der Waals surface area contributed by atoms with Crippen molar-refractivity contribution >= 4 is 0 Å². The monoisotopic (exact) mass is 272 g/mol. The molecule has 1 N–H and O–H groups in total. The minimum atomic E-state index is -0.662. The van der Waals surface area contributed by atoms with E-state index in [1.165, 1.54) is 0 Å². The number of nitrogens with zero attached hydrogens (tertiary/aromatic N) is 2. The minimum Gasteiger partial charge on any atom is -0.490 e. The molecule has 106 valence electrons. The zero-order valence-corrected chi connectivity index (χ0v) is 11.9. The third kappa shape index (κ3) is 2.85. The van der Waals surface area contributed by atoms with E-state index in [-0.39, 0.29) is 0 Å². The zero-order chi connectivity index (χ0) is 14.1. The van der Waals surface area contributed by atoms with Crippen LogP contribution in [0.3, 0.4) is 0 Å². The molecule has 1 aliphatic rings. The zero-order valence-electron chi connectivity index (χ0n) is 11.9. The molecule has 0 aliphatic heterocycles. The van der Waals surface area contributed by atoms with Crippen molar-refractivity contribution in [3.05, 3.63) is 47.8 Å². The first-order valence-electron chi connectivity index (χ1n) is 7.12. The van der Waals surface area contributed by atoms with E-state index in [0.717, 1.165) is 29.7 Å². The summed E-state index contributed by atoms with van der Waals surface area (Å²) in [6.45, 7) is 4.13. The molecule has 1 fully saturated rings. The highest BCUT2D eigenvalue weighted by Crippen LogP contribution is 2.30. The highest BCUT2D eigenvalue weighted by molar-refractivity contribution is 5.34. The number of ether oxygens (including phenoxy) is 1. The Kier molecular flexibility index (Phi) is 3.49. The Morgan fingerprint density at radius 3 is 2.75 bits per heavy atom. The van der Waals surface area contributed by atoms with E-state index in [0.29, 0.717) is 12.1 Å². The van der Waals surface area contributed by atoms with Crippen LogP contribution in [0.5, 0.6) is 5.75 Å². The van der Waals surface area contributed by atoms with Crippen molar-refractivity contribution in [2.45, 2.75) is 44.9 Å². The average molecular weight is 272 g/mol. The second-order valence-corrected chi connectivity index (χ2v) is 5.64. The molecule has 4 heteroatoms. The van der Waals surface area contributed by atoms with Crippen LogP contribution in [0.15, 0.2) is 36.7 Å². The minimum absolute atomic E-state index is 0.292. The van der Waals surface area contributed by atoms with Gasteiger partial charge in [-0.05, 0) is 44.4 Å². The van der Waals surface area contributed by atoms with Crippen LogP contribution in [-0.2, 0) is 0 Å². The van der Waals surface area contributed by atoms with Gasteiger partial charge in [-0.15, -0.1) is 0 Å². The van der Waals surface area contributed by atoms with Gasteiger partial charge in [0.15, 0.2) is 0 Å². The molecule has 1 aromatic heterocycles. The van der Waals surface area contributed by atoms with Crippen molar-refractivity contribution in [2.24, 2.45) is 0 Å². The molecule has 2 aromatic rings. The molecule has 0 amide bonds. The second-order valence-electron chi connectivity index (χ2n) is 5.64. The number of hydrogen-bond donors (Lipinski definition) is 1. The molecule has 4 nitrogen and oxygen atoms in total. The van der Waals surface area contributed by atoms with Crippen molar-refractivity contribution in [3.8, 4) is 5.75 Å². The summed E-state index contributed by atoms with van der Waals surface area (Å²) in [4.78, 5) is 0. The maximum atomic E-state index is 10.5. The van der Waals surface area contributed by atoms with Gasteiger partial charge in [-0.1, -0.05) is 12.1 Å². The molecule has 0 radical (unpaired) electrons. The summed E-state index contributed by atoms with van der Waals surface area (Å²) in [5.74, 6) is 0.834. The smallest absolute Gasteiger partial charge is 0.120 e. The van der Waals surface area contributed by atoms with Crippen LogP contribution in [-0.4, -0.2) is 21.0 Å². The van der Waals surface area contributed by atoms with E-state index < -0.39 is 6.10 Å². The van der Waals surface area contributed by atoms with Gasteiger partial charge in [0.2, 0.25) is 0 Å². The molecule has 1 saturated carbocycles. The van der Waals surface area contributed by atoms with Crippen LogP contribution in [0.1, 0.15) is 50.0 Å². The number of benzene rings is 1. The summed E-state index contributed by atoms with van der Waals surface area (Å²) in [7, 11) is 0. The number of aliphatic hydroxyl groups is 1. The second kappa shape index (κ2) is 5.29. The Labute approximate surface area is 119 Å². The molecule has 0 bridgehead atoms. The molecule has 1 aromatic carbocycles. The van der Waals surface area contributed by atoms with Gasteiger partial charge in [0, 0.05) is 17.8 Å². The van der Waals surface area contributed by atoms with Crippen LogP contribution in [0.25, 0.3) is 0 Å². The molecular formula is C16H20N2O2. The van der Waals surface area contributed by atoms with Crippen LogP contribution in [0, 0.1) is 0 Å². The van der Waals surface area contributed by atoms with E-state index in [2.05, 4.69) is 18.9 Å². The SMILES string of the molecule is CC(C)n1cc(C(O)c2cccc(OC3CC3)c2)cn1. The Morgan fingerprint density at radius 1 is 1.30 bits per heavy atom. The third-order valence-electron chi connectivity index (χ3n) is 3.47. The van der Waals surface area contributed by atoms with Gasteiger partial charge in [-0.25, -0.2) is 0 Å². The molecule has 0 spiro atoms. The van der Waals surface area contributed by atoms with Crippen LogP contribution in [0.2, 0.25) is 0 Å². The van der Waals surface area contributed by atoms with Crippen LogP contribution >= 0.6 is 0 Å². The van der Waals surface area contributed by atoms with Crippen molar-refractivity contribution in [1.82, 2.24) is 9.78 Å². The number of aliphatic hydroxyl groups excluding tert-OH is 1. The molecular weight excluding hydrogens is 252 g/mol. The van der Waals surface area contributed by atoms with Gasteiger partial charge in [0.05, 0.1) is 12.3 Å². The predicted molar refractivity (Wildman–Crippen MR) is 76.8 cm³/mol. The van der Waals surface area contributed by atoms with Crippen molar-refractivity contribution in [1.29, 1.82) is 0 Å². The van der Waals surface area contributed by atoms with Gasteiger partial charge in [-0.3, -0.25) is 4.68 Å². The molecule has 0 saturated heterocycles. The van der Waals surface area contributed by atoms with Crippen molar-refractivity contribution < 1.29 is 9.84 Å². The average Bonchev–Trinajstić information content (AvgIpc) is 3.10. The van der Waals surface area contributed by atoms with Crippen LogP contribution in [0.4, 0.5) is 0 Å². The van der Waals surface area contributed by atoms with Gasteiger partial charge >= 0.3 is 0 Å². The molecule has 1 unspecified atom stereocenters. The summed E-state index contributed by atoms with van der Waals surface area (Å²) >= 11 is 0. The lowest BCUT2D eigenvalue weighted by molar-refractivity contribution is 0.219. The summed E-state index contributed by atoms with van der Waals surface area (Å²) in [5.41, 5.74) is 1.65. The topological polar surface area (TPSA) is 47.3 Å². The summed E-state index contributed by atoms with van der Waals surface area (Å²) in [6.07, 6.45) is 5.58. The van der Waals surface area contributed by atoms with Crippen molar-refractivity contribution in [3.63, 3.8) is 0 Å². The first-order chi connectivity index (χ1) is 9.63. The summed E-state index contributed by atoms with van der Waals surface area (Å²) in [5, 5.41) is 14.7. The largest absolute Gasteiger partial charge is 0.490 e. The van der Waals surface area contributed by atoms with Crippen molar-refractivity contribution in [2.75, 3.05) is 0 Å². The highest BCUT2D eigenvalue weighted by atomic mass is 16.5. The first kappa shape index (κ1) is 13.2. The number of rotatable bonds is 5. The first-order valence-corrected chi connectivity index (χ1v) is 7.12. The number of aromatic nitrogens is 2. The quantitative estimate of drug-likeness (QED) is 0.910. The normalized spacial score (nSPS) is 16.4. The Balaban J connectivity index is 1.79. The fourth-order valence-electron chi connectivity index (χ4n) is 2.11.